The number of benzene rings is 3. The summed E-state index contributed by atoms with van der Waals surface area (Å²) in [5.74, 6) is 0.592. The van der Waals surface area contributed by atoms with Gasteiger partial charge >= 0.3 is 5.97 Å². The van der Waals surface area contributed by atoms with Crippen molar-refractivity contribution < 1.29 is 23.8 Å². The number of para-hydroxylation sites is 1. The molecule has 1 N–H and O–H groups in total. The zero-order valence-corrected chi connectivity index (χ0v) is 23.5. The van der Waals surface area contributed by atoms with Crippen LogP contribution in [0.5, 0.6) is 11.5 Å². The van der Waals surface area contributed by atoms with Gasteiger partial charge in [0, 0.05) is 33.8 Å². The molecule has 1 heterocycles. The van der Waals surface area contributed by atoms with Crippen molar-refractivity contribution in [1.82, 2.24) is 5.32 Å². The fraction of sp³-hybridized carbons (Fsp3) is 0.250. The minimum Gasteiger partial charge on any atom is -0.497 e. The largest absolute Gasteiger partial charge is 0.497 e. The van der Waals surface area contributed by atoms with E-state index in [9.17, 15) is 9.59 Å². The number of dihydropyridines is 1. The molecule has 5 rings (SSSR count). The second-order valence-corrected chi connectivity index (χ2v) is 10.6. The summed E-state index contributed by atoms with van der Waals surface area (Å²) >= 11 is 3.49. The van der Waals surface area contributed by atoms with E-state index >= 15 is 0 Å². The third-order valence-corrected chi connectivity index (χ3v) is 7.70. The van der Waals surface area contributed by atoms with Gasteiger partial charge in [-0.2, -0.15) is 0 Å². The summed E-state index contributed by atoms with van der Waals surface area (Å²) in [5, 5.41) is 3.40. The molecule has 0 bridgehead atoms. The van der Waals surface area contributed by atoms with Crippen LogP contribution in [0.3, 0.4) is 0 Å². The molecular formula is C32H30BrNO5. The second kappa shape index (κ2) is 11.9. The Morgan fingerprint density at radius 3 is 2.28 bits per heavy atom. The summed E-state index contributed by atoms with van der Waals surface area (Å²) in [7, 11) is 1.64. The standard InChI is InChI=1S/C32H30BrNO5/c1-20-29(32(36)39-17-16-38-26-6-4-3-5-7-26)30(22-8-12-24(33)13-9-22)31-27(34-20)18-23(19-28(31)35)21-10-14-25(37-2)15-11-21/h3-15,23,30,34H,16-19H2,1-2H3/t23-,30-/m1/s1. The summed E-state index contributed by atoms with van der Waals surface area (Å²) < 4.78 is 17.6. The van der Waals surface area contributed by atoms with Gasteiger partial charge in [-0.15, -0.1) is 0 Å². The Balaban J connectivity index is 1.40. The first kappa shape index (κ1) is 26.8. The maximum absolute atomic E-state index is 13.8. The molecule has 200 valence electrons. The number of hydrogen-bond acceptors (Lipinski definition) is 6. The number of nitrogens with one attached hydrogen (secondary N) is 1. The Morgan fingerprint density at radius 1 is 0.897 bits per heavy atom. The first-order chi connectivity index (χ1) is 18.9. The van der Waals surface area contributed by atoms with Gasteiger partial charge in [0.15, 0.2) is 5.78 Å². The molecule has 1 aliphatic heterocycles. The molecule has 6 nitrogen and oxygen atoms in total. The van der Waals surface area contributed by atoms with E-state index in [-0.39, 0.29) is 24.9 Å². The number of carbonyl (C=O) groups excluding carboxylic acids is 2. The van der Waals surface area contributed by atoms with Gasteiger partial charge in [0.05, 0.1) is 12.7 Å². The lowest BCUT2D eigenvalue weighted by atomic mass is 9.72. The van der Waals surface area contributed by atoms with Crippen LogP contribution < -0.4 is 14.8 Å². The van der Waals surface area contributed by atoms with E-state index < -0.39 is 11.9 Å². The predicted molar refractivity (Wildman–Crippen MR) is 153 cm³/mol. The first-order valence-electron chi connectivity index (χ1n) is 12.9. The molecule has 2 aliphatic rings. The predicted octanol–water partition coefficient (Wildman–Crippen LogP) is 6.44. The van der Waals surface area contributed by atoms with Gasteiger partial charge in [-0.05, 0) is 66.8 Å². The van der Waals surface area contributed by atoms with E-state index in [0.717, 1.165) is 27.0 Å². The molecule has 0 unspecified atom stereocenters. The van der Waals surface area contributed by atoms with Crippen molar-refractivity contribution in [2.45, 2.75) is 31.6 Å². The van der Waals surface area contributed by atoms with E-state index in [2.05, 4.69) is 21.2 Å². The first-order valence-corrected chi connectivity index (χ1v) is 13.7. The smallest absolute Gasteiger partial charge is 0.336 e. The molecule has 1 aliphatic carbocycles. The Morgan fingerprint density at radius 2 is 1.59 bits per heavy atom. The molecule has 0 saturated heterocycles. The third kappa shape index (κ3) is 5.93. The van der Waals surface area contributed by atoms with Crippen molar-refractivity contribution in [3.05, 3.63) is 117 Å². The average Bonchev–Trinajstić information content (AvgIpc) is 2.95. The normalized spacial score (nSPS) is 18.8. The van der Waals surface area contributed by atoms with Gasteiger partial charge < -0.3 is 19.5 Å². The fourth-order valence-electron chi connectivity index (χ4n) is 5.30. The van der Waals surface area contributed by atoms with Crippen molar-refractivity contribution >= 4 is 27.7 Å². The molecule has 0 fully saturated rings. The molecular weight excluding hydrogens is 558 g/mol. The Hall–Kier alpha value is -3.84. The van der Waals surface area contributed by atoms with E-state index in [1.54, 1.807) is 7.11 Å². The maximum Gasteiger partial charge on any atom is 0.336 e. The minimum absolute atomic E-state index is 0.0303. The fourth-order valence-corrected chi connectivity index (χ4v) is 5.56. The molecule has 0 radical (unpaired) electrons. The van der Waals surface area contributed by atoms with E-state index in [1.165, 1.54) is 0 Å². The monoisotopic (exact) mass is 587 g/mol. The van der Waals surface area contributed by atoms with Crippen molar-refractivity contribution in [1.29, 1.82) is 0 Å². The number of halogens is 1. The van der Waals surface area contributed by atoms with Crippen LogP contribution in [0, 0.1) is 0 Å². The Bertz CT molecular complexity index is 1410. The van der Waals surface area contributed by atoms with Crippen LogP contribution >= 0.6 is 15.9 Å². The summed E-state index contributed by atoms with van der Waals surface area (Å²) in [6.07, 6.45) is 1.04. The van der Waals surface area contributed by atoms with Crippen molar-refractivity contribution in [2.75, 3.05) is 20.3 Å². The number of carbonyl (C=O) groups is 2. The Labute approximate surface area is 236 Å². The van der Waals surface area contributed by atoms with Gasteiger partial charge in [-0.1, -0.05) is 58.4 Å². The van der Waals surface area contributed by atoms with Crippen LogP contribution in [0.15, 0.2) is 106 Å². The topological polar surface area (TPSA) is 73.9 Å². The van der Waals surface area contributed by atoms with E-state index in [4.69, 9.17) is 14.2 Å². The highest BCUT2D eigenvalue weighted by Crippen LogP contribution is 2.46. The number of esters is 1. The van der Waals surface area contributed by atoms with Crippen LogP contribution in [0.1, 0.15) is 42.7 Å². The quantitative estimate of drug-likeness (QED) is 0.241. The van der Waals surface area contributed by atoms with Crippen LogP contribution in [0.4, 0.5) is 0 Å². The van der Waals surface area contributed by atoms with Gasteiger partial charge in [0.2, 0.25) is 0 Å². The van der Waals surface area contributed by atoms with Crippen LogP contribution in [-0.2, 0) is 14.3 Å². The number of hydrogen-bond donors (Lipinski definition) is 1. The highest BCUT2D eigenvalue weighted by molar-refractivity contribution is 9.10. The molecule has 7 heteroatoms. The van der Waals surface area contributed by atoms with Crippen molar-refractivity contribution in [2.24, 2.45) is 0 Å². The molecule has 0 saturated carbocycles. The average molecular weight is 588 g/mol. The third-order valence-electron chi connectivity index (χ3n) is 7.17. The molecule has 0 amide bonds. The summed E-state index contributed by atoms with van der Waals surface area (Å²) in [6, 6.07) is 25.0. The van der Waals surface area contributed by atoms with Crippen molar-refractivity contribution in [3.63, 3.8) is 0 Å². The highest BCUT2D eigenvalue weighted by atomic mass is 79.9. The lowest BCUT2D eigenvalue weighted by Crippen LogP contribution is -2.36. The van der Waals surface area contributed by atoms with E-state index in [1.807, 2.05) is 85.8 Å². The molecule has 0 spiro atoms. The number of rotatable bonds is 8. The SMILES string of the molecule is COc1ccc([C@H]2CC(=O)C3=C(C2)NC(C)=C(C(=O)OCCOc2ccccc2)[C@H]3c2ccc(Br)cc2)cc1. The summed E-state index contributed by atoms with van der Waals surface area (Å²) in [4.78, 5) is 27.2. The summed E-state index contributed by atoms with van der Waals surface area (Å²) in [6.45, 7) is 2.19. The summed E-state index contributed by atoms with van der Waals surface area (Å²) in [5.41, 5.74) is 4.60. The van der Waals surface area contributed by atoms with Gasteiger partial charge in [0.25, 0.3) is 0 Å². The van der Waals surface area contributed by atoms with E-state index in [0.29, 0.717) is 35.4 Å². The van der Waals surface area contributed by atoms with Crippen LogP contribution in [0.2, 0.25) is 0 Å². The number of ketones is 1. The lowest BCUT2D eigenvalue weighted by molar-refractivity contribution is -0.140. The maximum atomic E-state index is 13.8. The number of allylic oxidation sites excluding steroid dienone is 3. The zero-order valence-electron chi connectivity index (χ0n) is 21.9. The van der Waals surface area contributed by atoms with Crippen LogP contribution in [0.25, 0.3) is 0 Å². The van der Waals surface area contributed by atoms with Gasteiger partial charge in [-0.3, -0.25) is 4.79 Å². The minimum atomic E-state index is -0.513. The number of ether oxygens (including phenoxy) is 3. The highest BCUT2D eigenvalue weighted by Gasteiger charge is 2.41. The number of methoxy groups -OCH3 is 1. The molecule has 0 aromatic heterocycles. The molecule has 39 heavy (non-hydrogen) atoms. The van der Waals surface area contributed by atoms with Crippen LogP contribution in [-0.4, -0.2) is 32.1 Å². The van der Waals surface area contributed by atoms with Gasteiger partial charge in [0.1, 0.15) is 24.7 Å². The molecule has 2 atom stereocenters. The zero-order chi connectivity index (χ0) is 27.4. The molecule has 3 aromatic carbocycles. The van der Waals surface area contributed by atoms with Crippen molar-refractivity contribution in [3.8, 4) is 11.5 Å². The van der Waals surface area contributed by atoms with Gasteiger partial charge in [-0.25, -0.2) is 4.79 Å². The second-order valence-electron chi connectivity index (χ2n) is 9.64. The lowest BCUT2D eigenvalue weighted by Gasteiger charge is -2.36. The number of Topliss-reactive ketones (excluding diaryl/α,β-unsaturated/α-hetero) is 1. The Kier molecular flexibility index (Phi) is 8.17. The molecule has 3 aromatic rings.